The molecule has 0 spiro atoms. The minimum absolute atomic E-state index is 0.759. The van der Waals surface area contributed by atoms with Crippen LogP contribution in [-0.4, -0.2) is 18.7 Å². The third-order valence-electron chi connectivity index (χ3n) is 5.40. The molecule has 0 aliphatic heterocycles. The van der Waals surface area contributed by atoms with Crippen molar-refractivity contribution in [3.8, 4) is 11.5 Å². The molecule has 0 atom stereocenters. The molecule has 2 rings (SSSR count). The molecule has 0 fully saturated rings. The van der Waals surface area contributed by atoms with Gasteiger partial charge < -0.3 is 9.47 Å². The van der Waals surface area contributed by atoms with Gasteiger partial charge in [-0.2, -0.15) is 0 Å². The molecule has 31 heavy (non-hydrogen) atoms. The molecule has 3 heteroatoms. The molecule has 3 nitrogen and oxygen atoms in total. The van der Waals surface area contributed by atoms with Gasteiger partial charge in [0.2, 0.25) is 0 Å². The quantitative estimate of drug-likeness (QED) is 0.256. The molecule has 0 aliphatic rings. The molecule has 0 radical (unpaired) electrons. The number of benzene rings is 1. The number of methoxy groups -OCH3 is 1. The van der Waals surface area contributed by atoms with Crippen molar-refractivity contribution in [2.24, 2.45) is 0 Å². The van der Waals surface area contributed by atoms with Crippen molar-refractivity contribution in [2.75, 3.05) is 13.7 Å². The molecule has 1 heterocycles. The summed E-state index contributed by atoms with van der Waals surface area (Å²) in [5, 5.41) is 0. The highest BCUT2D eigenvalue weighted by Crippen LogP contribution is 2.26. The Morgan fingerprint density at radius 2 is 1.52 bits per heavy atom. The van der Waals surface area contributed by atoms with Crippen molar-refractivity contribution in [1.82, 2.24) is 4.98 Å². The highest BCUT2D eigenvalue weighted by atomic mass is 16.5. The summed E-state index contributed by atoms with van der Waals surface area (Å²) in [6.07, 6.45) is 19.0. The number of ether oxygens (including phenoxy) is 2. The smallest absolute Gasteiger partial charge is 0.126 e. The van der Waals surface area contributed by atoms with Gasteiger partial charge >= 0.3 is 0 Å². The average molecular weight is 422 g/mol. The largest absolute Gasteiger partial charge is 0.496 e. The van der Waals surface area contributed by atoms with E-state index >= 15 is 0 Å². The zero-order chi connectivity index (χ0) is 22.2. The number of unbranched alkanes of at least 4 members (excludes halogenated alkanes) is 9. The summed E-state index contributed by atoms with van der Waals surface area (Å²) in [5.41, 5.74) is 2.73. The Bertz CT molecular complexity index is 797. The lowest BCUT2D eigenvalue weighted by atomic mass is 10.1. The van der Waals surface area contributed by atoms with Gasteiger partial charge in [0.25, 0.3) is 0 Å². The van der Waals surface area contributed by atoms with Crippen LogP contribution in [0.1, 0.15) is 88.1 Å². The van der Waals surface area contributed by atoms with Gasteiger partial charge in [-0.3, -0.25) is 0 Å². The molecular weight excluding hydrogens is 382 g/mol. The molecule has 0 N–H and O–H groups in total. The van der Waals surface area contributed by atoms with Gasteiger partial charge in [-0.25, -0.2) is 4.98 Å². The molecule has 0 saturated carbocycles. The number of hydrogen-bond acceptors (Lipinski definition) is 3. The maximum Gasteiger partial charge on any atom is 0.126 e. The molecule has 0 bridgehead atoms. The summed E-state index contributed by atoms with van der Waals surface area (Å²) in [4.78, 5) is 4.52. The van der Waals surface area contributed by atoms with Crippen LogP contribution in [0.25, 0.3) is 18.2 Å². The molecule has 0 unspecified atom stereocenters. The van der Waals surface area contributed by atoms with Crippen LogP contribution in [0.3, 0.4) is 0 Å². The van der Waals surface area contributed by atoms with Crippen LogP contribution in [0.15, 0.2) is 43.0 Å². The van der Waals surface area contributed by atoms with E-state index in [0.29, 0.717) is 0 Å². The van der Waals surface area contributed by atoms with Crippen LogP contribution in [0.2, 0.25) is 0 Å². The van der Waals surface area contributed by atoms with Gasteiger partial charge in [-0.1, -0.05) is 77.4 Å². The van der Waals surface area contributed by atoms with Crippen LogP contribution in [0, 0.1) is 0 Å². The number of nitrogens with zero attached hydrogens (tertiary/aromatic N) is 1. The van der Waals surface area contributed by atoms with E-state index in [1.807, 2.05) is 48.6 Å². The average Bonchev–Trinajstić information content (AvgIpc) is 2.81. The molecular formula is C28H39NO2. The van der Waals surface area contributed by atoms with E-state index in [1.54, 1.807) is 13.2 Å². The summed E-state index contributed by atoms with van der Waals surface area (Å²) in [5.74, 6) is 1.70. The fourth-order valence-corrected chi connectivity index (χ4v) is 3.56. The minimum atomic E-state index is 0.759. The highest BCUT2D eigenvalue weighted by Gasteiger charge is 2.03. The second-order valence-corrected chi connectivity index (χ2v) is 7.96. The van der Waals surface area contributed by atoms with Gasteiger partial charge in [0, 0.05) is 5.56 Å². The number of rotatable bonds is 16. The monoisotopic (exact) mass is 421 g/mol. The Hall–Kier alpha value is -2.55. The molecule has 168 valence electrons. The van der Waals surface area contributed by atoms with E-state index < -0.39 is 0 Å². The van der Waals surface area contributed by atoms with E-state index in [4.69, 9.17) is 9.47 Å². The van der Waals surface area contributed by atoms with Crippen molar-refractivity contribution >= 4 is 18.2 Å². The Morgan fingerprint density at radius 3 is 2.19 bits per heavy atom. The second-order valence-electron chi connectivity index (χ2n) is 7.96. The van der Waals surface area contributed by atoms with Crippen molar-refractivity contribution in [3.05, 3.63) is 59.9 Å². The maximum atomic E-state index is 5.99. The van der Waals surface area contributed by atoms with Crippen LogP contribution in [0.4, 0.5) is 0 Å². The minimum Gasteiger partial charge on any atom is -0.496 e. The molecule has 1 aromatic carbocycles. The third-order valence-corrected chi connectivity index (χ3v) is 5.40. The van der Waals surface area contributed by atoms with Crippen molar-refractivity contribution in [3.63, 3.8) is 0 Å². The lowest BCUT2D eigenvalue weighted by Gasteiger charge is -2.10. The number of aromatic nitrogens is 1. The first-order chi connectivity index (χ1) is 15.3. The number of pyridine rings is 1. The first-order valence-electron chi connectivity index (χ1n) is 11.8. The Balaban J connectivity index is 1.75. The maximum absolute atomic E-state index is 5.99. The first-order valence-corrected chi connectivity index (χ1v) is 11.8. The van der Waals surface area contributed by atoms with Crippen LogP contribution in [0.5, 0.6) is 11.5 Å². The summed E-state index contributed by atoms with van der Waals surface area (Å²) in [7, 11) is 1.69. The summed E-state index contributed by atoms with van der Waals surface area (Å²) in [6, 6.07) is 11.9. The highest BCUT2D eigenvalue weighted by molar-refractivity contribution is 5.72. The Kier molecular flexibility index (Phi) is 12.2. The topological polar surface area (TPSA) is 31.4 Å². The molecule has 2 aromatic rings. The summed E-state index contributed by atoms with van der Waals surface area (Å²) >= 11 is 0. The summed E-state index contributed by atoms with van der Waals surface area (Å²) < 4.78 is 11.5. The normalized spacial score (nSPS) is 11.0. The zero-order valence-corrected chi connectivity index (χ0v) is 19.4. The Labute approximate surface area is 189 Å². The van der Waals surface area contributed by atoms with Gasteiger partial charge in [0.1, 0.15) is 11.5 Å². The van der Waals surface area contributed by atoms with Gasteiger partial charge in [-0.15, -0.1) is 0 Å². The molecule has 0 amide bonds. The SMILES string of the molecule is C=Cc1cccc(/C=C/c2cc(OCCCCCCCCCCCC)ccc2OC)n1. The van der Waals surface area contributed by atoms with Gasteiger partial charge in [0.15, 0.2) is 0 Å². The molecule has 0 aliphatic carbocycles. The fourth-order valence-electron chi connectivity index (χ4n) is 3.56. The molecule has 0 saturated heterocycles. The van der Waals surface area contributed by atoms with Gasteiger partial charge in [-0.05, 0) is 55.0 Å². The van der Waals surface area contributed by atoms with E-state index in [2.05, 4.69) is 18.5 Å². The second kappa shape index (κ2) is 15.3. The standard InChI is InChI=1S/C28H39NO2/c1-4-6-7-8-9-10-11-12-13-14-22-31-27-20-21-28(30-3)24(23-27)18-19-26-17-15-16-25(5-2)29-26/h5,15-21,23H,2,4,6-14,22H2,1,3H3/b19-18+. The van der Waals surface area contributed by atoms with Crippen molar-refractivity contribution in [1.29, 1.82) is 0 Å². The predicted octanol–water partition coefficient (Wildman–Crippen LogP) is 8.20. The van der Waals surface area contributed by atoms with Crippen molar-refractivity contribution in [2.45, 2.75) is 71.1 Å². The fraction of sp³-hybridized carbons (Fsp3) is 0.464. The third kappa shape index (κ3) is 9.87. The first kappa shape index (κ1) is 24.7. The van der Waals surface area contributed by atoms with Crippen LogP contribution < -0.4 is 9.47 Å². The van der Waals surface area contributed by atoms with E-state index in [9.17, 15) is 0 Å². The summed E-state index contributed by atoms with van der Waals surface area (Å²) in [6.45, 7) is 6.81. The lowest BCUT2D eigenvalue weighted by molar-refractivity contribution is 0.303. The van der Waals surface area contributed by atoms with E-state index in [-0.39, 0.29) is 0 Å². The van der Waals surface area contributed by atoms with Crippen LogP contribution in [-0.2, 0) is 0 Å². The lowest BCUT2D eigenvalue weighted by Crippen LogP contribution is -1.98. The molecule has 1 aromatic heterocycles. The Morgan fingerprint density at radius 1 is 0.839 bits per heavy atom. The van der Waals surface area contributed by atoms with E-state index in [0.717, 1.165) is 41.5 Å². The number of hydrogen-bond donors (Lipinski definition) is 0. The van der Waals surface area contributed by atoms with Gasteiger partial charge in [0.05, 0.1) is 25.1 Å². The van der Waals surface area contributed by atoms with E-state index in [1.165, 1.54) is 57.8 Å². The van der Waals surface area contributed by atoms with Crippen molar-refractivity contribution < 1.29 is 9.47 Å². The van der Waals surface area contributed by atoms with Crippen LogP contribution >= 0.6 is 0 Å². The predicted molar refractivity (Wildman–Crippen MR) is 134 cm³/mol. The zero-order valence-electron chi connectivity index (χ0n) is 19.4.